The molecule has 0 unspecified atom stereocenters. The van der Waals surface area contributed by atoms with E-state index in [9.17, 15) is 0 Å². The first-order chi connectivity index (χ1) is 7.38. The van der Waals surface area contributed by atoms with Gasteiger partial charge in [0, 0.05) is 42.9 Å². The molecule has 0 fully saturated rings. The minimum atomic E-state index is 0.777. The van der Waals surface area contributed by atoms with Crippen LogP contribution in [0, 0.1) is 0 Å². The molecule has 0 spiro atoms. The Hall–Kier alpha value is -1.88. The van der Waals surface area contributed by atoms with E-state index in [0.29, 0.717) is 0 Å². The number of hydrogen-bond acceptors (Lipinski definition) is 3. The summed E-state index contributed by atoms with van der Waals surface area (Å²) < 4.78 is 1.69. The van der Waals surface area contributed by atoms with Crippen LogP contribution >= 0.6 is 0 Å². The van der Waals surface area contributed by atoms with Crippen molar-refractivity contribution in [3.8, 4) is 0 Å². The zero-order chi connectivity index (χ0) is 10.5. The van der Waals surface area contributed by atoms with Gasteiger partial charge in [0.15, 0.2) is 0 Å². The summed E-state index contributed by atoms with van der Waals surface area (Å²) in [6.07, 6.45) is 7.17. The Morgan fingerprint density at radius 1 is 1.53 bits per heavy atom. The lowest BCUT2D eigenvalue weighted by Gasteiger charge is -1.99. The molecule has 0 amide bonds. The Kier molecular flexibility index (Phi) is 2.94. The molecular weight excluding hydrogens is 190 g/mol. The Labute approximate surface area is 87.8 Å². The minimum absolute atomic E-state index is 0.777. The number of nitrogens with one attached hydrogen (secondary N) is 2. The van der Waals surface area contributed by atoms with Crippen LogP contribution in [-0.2, 0) is 13.1 Å². The summed E-state index contributed by atoms with van der Waals surface area (Å²) in [4.78, 5) is 0. The molecule has 0 aliphatic heterocycles. The number of aromatic amines is 1. The van der Waals surface area contributed by atoms with Crippen molar-refractivity contribution in [3.05, 3.63) is 42.5 Å². The van der Waals surface area contributed by atoms with Crippen molar-refractivity contribution < 1.29 is 0 Å². The maximum atomic E-state index is 4.09. The third kappa shape index (κ3) is 2.54. The fourth-order valence-corrected chi connectivity index (χ4v) is 1.29. The molecule has 2 rings (SSSR count). The molecule has 0 atom stereocenters. The second-order valence-corrected chi connectivity index (χ2v) is 3.20. The highest BCUT2D eigenvalue weighted by Crippen LogP contribution is 1.98. The van der Waals surface area contributed by atoms with Crippen LogP contribution in [0.15, 0.2) is 31.2 Å². The van der Waals surface area contributed by atoms with Crippen LogP contribution in [-0.4, -0.2) is 20.0 Å². The van der Waals surface area contributed by atoms with Crippen LogP contribution in [0.3, 0.4) is 0 Å². The lowest BCUT2D eigenvalue weighted by molar-refractivity contribution is 0.677. The van der Waals surface area contributed by atoms with Gasteiger partial charge in [-0.1, -0.05) is 6.58 Å². The van der Waals surface area contributed by atoms with E-state index in [4.69, 9.17) is 0 Å². The second kappa shape index (κ2) is 4.56. The van der Waals surface area contributed by atoms with Gasteiger partial charge in [0.2, 0.25) is 0 Å². The Bertz CT molecular complexity index is 415. The molecular formula is C10H13N5. The number of nitrogens with zero attached hydrogens (tertiary/aromatic N) is 3. The van der Waals surface area contributed by atoms with Gasteiger partial charge in [-0.2, -0.15) is 10.2 Å². The van der Waals surface area contributed by atoms with Crippen molar-refractivity contribution in [2.24, 2.45) is 0 Å². The summed E-state index contributed by atoms with van der Waals surface area (Å²) in [6, 6.07) is 1.94. The van der Waals surface area contributed by atoms with E-state index in [0.717, 1.165) is 24.3 Å². The number of rotatable bonds is 5. The van der Waals surface area contributed by atoms with Crippen LogP contribution < -0.4 is 5.32 Å². The van der Waals surface area contributed by atoms with Gasteiger partial charge in [-0.15, -0.1) is 0 Å². The summed E-state index contributed by atoms with van der Waals surface area (Å²) in [6.45, 7) is 5.19. The first-order valence-corrected chi connectivity index (χ1v) is 4.73. The normalized spacial score (nSPS) is 10.4. The monoisotopic (exact) mass is 203 g/mol. The lowest BCUT2D eigenvalue weighted by atomic mass is 10.3. The van der Waals surface area contributed by atoms with Crippen LogP contribution in [0.2, 0.25) is 0 Å². The van der Waals surface area contributed by atoms with E-state index in [-0.39, 0.29) is 0 Å². The molecule has 0 bridgehead atoms. The molecule has 78 valence electrons. The second-order valence-electron chi connectivity index (χ2n) is 3.20. The molecule has 0 aromatic carbocycles. The van der Waals surface area contributed by atoms with E-state index >= 15 is 0 Å². The molecule has 0 aliphatic carbocycles. The molecule has 0 radical (unpaired) electrons. The highest BCUT2D eigenvalue weighted by molar-refractivity contribution is 5.17. The zero-order valence-electron chi connectivity index (χ0n) is 8.35. The summed E-state index contributed by atoms with van der Waals surface area (Å²) in [5, 5.41) is 14.1. The van der Waals surface area contributed by atoms with E-state index in [2.05, 4.69) is 27.2 Å². The summed E-state index contributed by atoms with van der Waals surface area (Å²) in [7, 11) is 0. The quantitative estimate of drug-likeness (QED) is 0.762. The van der Waals surface area contributed by atoms with Crippen LogP contribution in [0.4, 0.5) is 0 Å². The molecule has 2 aromatic heterocycles. The molecule has 15 heavy (non-hydrogen) atoms. The van der Waals surface area contributed by atoms with Crippen molar-refractivity contribution in [3.63, 3.8) is 0 Å². The Balaban J connectivity index is 1.80. The third-order valence-electron chi connectivity index (χ3n) is 2.05. The largest absolute Gasteiger partial charge is 0.307 e. The van der Waals surface area contributed by atoms with Gasteiger partial charge in [-0.3, -0.25) is 5.10 Å². The molecule has 0 saturated carbocycles. The van der Waals surface area contributed by atoms with Crippen molar-refractivity contribution >= 4 is 6.20 Å². The Morgan fingerprint density at radius 2 is 2.47 bits per heavy atom. The van der Waals surface area contributed by atoms with Gasteiger partial charge < -0.3 is 5.32 Å². The van der Waals surface area contributed by atoms with E-state index in [1.165, 1.54) is 0 Å². The molecule has 5 nitrogen and oxygen atoms in total. The molecule has 0 aliphatic rings. The lowest BCUT2D eigenvalue weighted by Crippen LogP contribution is -2.12. The maximum absolute atomic E-state index is 4.09. The molecule has 2 heterocycles. The van der Waals surface area contributed by atoms with Crippen LogP contribution in [0.5, 0.6) is 0 Å². The number of H-pyrrole nitrogens is 1. The highest BCUT2D eigenvalue weighted by Gasteiger charge is 1.97. The van der Waals surface area contributed by atoms with Gasteiger partial charge in [0.05, 0.1) is 6.20 Å². The van der Waals surface area contributed by atoms with Gasteiger partial charge in [-0.25, -0.2) is 4.68 Å². The SMILES string of the molecule is C=Cn1cc(CNCc2ccn[nH]2)cn1. The van der Waals surface area contributed by atoms with Crippen LogP contribution in [0.25, 0.3) is 6.20 Å². The van der Waals surface area contributed by atoms with Gasteiger partial charge >= 0.3 is 0 Å². The topological polar surface area (TPSA) is 58.5 Å². The highest BCUT2D eigenvalue weighted by atomic mass is 15.2. The fraction of sp³-hybridized carbons (Fsp3) is 0.200. The average molecular weight is 203 g/mol. The average Bonchev–Trinajstić information content (AvgIpc) is 2.88. The van der Waals surface area contributed by atoms with E-state index in [1.807, 2.05) is 18.5 Å². The predicted molar refractivity (Wildman–Crippen MR) is 57.7 cm³/mol. The van der Waals surface area contributed by atoms with Gasteiger partial charge in [0.1, 0.15) is 0 Å². The molecule has 0 saturated heterocycles. The predicted octanol–water partition coefficient (Wildman–Crippen LogP) is 0.996. The van der Waals surface area contributed by atoms with Gasteiger partial charge in [-0.05, 0) is 6.07 Å². The van der Waals surface area contributed by atoms with E-state index in [1.54, 1.807) is 17.1 Å². The zero-order valence-corrected chi connectivity index (χ0v) is 8.35. The standard InChI is InChI=1S/C10H13N5/c1-2-15-8-9(6-13-15)5-11-7-10-3-4-12-14-10/h2-4,6,8,11H,1,5,7H2,(H,12,14). The number of aromatic nitrogens is 4. The fourth-order valence-electron chi connectivity index (χ4n) is 1.29. The first-order valence-electron chi connectivity index (χ1n) is 4.73. The summed E-state index contributed by atoms with van der Waals surface area (Å²) in [5.41, 5.74) is 2.21. The van der Waals surface area contributed by atoms with Crippen LogP contribution in [0.1, 0.15) is 11.3 Å². The number of hydrogen-bond donors (Lipinski definition) is 2. The third-order valence-corrected chi connectivity index (χ3v) is 2.05. The molecule has 2 N–H and O–H groups in total. The molecule has 5 heteroatoms. The van der Waals surface area contributed by atoms with Gasteiger partial charge in [0.25, 0.3) is 0 Å². The smallest absolute Gasteiger partial charge is 0.0538 e. The summed E-state index contributed by atoms with van der Waals surface area (Å²) in [5.74, 6) is 0. The van der Waals surface area contributed by atoms with Crippen molar-refractivity contribution in [2.75, 3.05) is 0 Å². The van der Waals surface area contributed by atoms with Crippen molar-refractivity contribution in [1.82, 2.24) is 25.3 Å². The Morgan fingerprint density at radius 3 is 3.13 bits per heavy atom. The van der Waals surface area contributed by atoms with Crippen molar-refractivity contribution in [2.45, 2.75) is 13.1 Å². The first kappa shape index (κ1) is 9.67. The maximum Gasteiger partial charge on any atom is 0.0538 e. The molecule has 2 aromatic rings. The van der Waals surface area contributed by atoms with E-state index < -0.39 is 0 Å². The summed E-state index contributed by atoms with van der Waals surface area (Å²) >= 11 is 0. The van der Waals surface area contributed by atoms with Crippen molar-refractivity contribution in [1.29, 1.82) is 0 Å². The minimum Gasteiger partial charge on any atom is -0.307 e.